The van der Waals surface area contributed by atoms with Crippen LogP contribution in [0.25, 0.3) is 0 Å². The van der Waals surface area contributed by atoms with Gasteiger partial charge in [-0.1, -0.05) is 135 Å². The minimum Gasteiger partial charge on any atom is -0.379 e. The summed E-state index contributed by atoms with van der Waals surface area (Å²) in [5, 5.41) is 8.99. The maximum atomic E-state index is 8.99. The monoisotopic (exact) mass is 369 g/mol. The van der Waals surface area contributed by atoms with Crippen molar-refractivity contribution in [2.45, 2.75) is 154 Å². The van der Waals surface area contributed by atoms with Crippen LogP contribution >= 0.6 is 0 Å². The molecule has 0 aliphatic rings. The number of aliphatic hydroxyl groups excluding tert-OH is 1. The molecule has 0 saturated carbocycles. The SMILES string of the molecule is CCCCCCCCCCCCCCCCCCCCCCCC(N)O. The maximum Gasteiger partial charge on any atom is 0.102 e. The normalized spacial score (nSPS) is 12.6. The first-order valence-corrected chi connectivity index (χ1v) is 12.2. The van der Waals surface area contributed by atoms with Crippen LogP contribution in [0.3, 0.4) is 0 Å². The van der Waals surface area contributed by atoms with Gasteiger partial charge in [-0.25, -0.2) is 0 Å². The van der Waals surface area contributed by atoms with E-state index in [2.05, 4.69) is 6.92 Å². The molecule has 0 aliphatic heterocycles. The molecular formula is C24H51NO. The number of aliphatic hydroxyl groups is 1. The molecular weight excluding hydrogens is 318 g/mol. The Morgan fingerprint density at radius 2 is 0.692 bits per heavy atom. The van der Waals surface area contributed by atoms with E-state index < -0.39 is 6.23 Å². The summed E-state index contributed by atoms with van der Waals surface area (Å²) in [6.45, 7) is 2.29. The molecule has 0 heterocycles. The van der Waals surface area contributed by atoms with Crippen molar-refractivity contribution >= 4 is 0 Å². The highest BCUT2D eigenvalue weighted by Crippen LogP contribution is 2.15. The second-order valence-electron chi connectivity index (χ2n) is 8.43. The third kappa shape index (κ3) is 23.9. The van der Waals surface area contributed by atoms with Gasteiger partial charge in [-0.3, -0.25) is 0 Å². The minimum absolute atomic E-state index is 0.602. The Labute approximate surface area is 165 Å². The molecule has 0 aromatic carbocycles. The molecule has 2 nitrogen and oxygen atoms in total. The summed E-state index contributed by atoms with van der Waals surface area (Å²) in [4.78, 5) is 0. The van der Waals surface area contributed by atoms with Crippen molar-refractivity contribution in [3.8, 4) is 0 Å². The smallest absolute Gasteiger partial charge is 0.102 e. The van der Waals surface area contributed by atoms with Crippen LogP contribution in [0.2, 0.25) is 0 Å². The van der Waals surface area contributed by atoms with Crippen molar-refractivity contribution in [3.05, 3.63) is 0 Å². The van der Waals surface area contributed by atoms with Gasteiger partial charge in [-0.2, -0.15) is 0 Å². The highest BCUT2D eigenvalue weighted by atomic mass is 16.3. The maximum absolute atomic E-state index is 8.99. The van der Waals surface area contributed by atoms with Gasteiger partial charge in [0.2, 0.25) is 0 Å². The van der Waals surface area contributed by atoms with Crippen molar-refractivity contribution in [1.82, 2.24) is 0 Å². The Morgan fingerprint density at radius 3 is 0.923 bits per heavy atom. The van der Waals surface area contributed by atoms with Crippen LogP contribution < -0.4 is 5.73 Å². The fraction of sp³-hybridized carbons (Fsp3) is 1.00. The molecule has 0 spiro atoms. The molecule has 0 aromatic rings. The summed E-state index contributed by atoms with van der Waals surface area (Å²) in [5.74, 6) is 0. The summed E-state index contributed by atoms with van der Waals surface area (Å²) < 4.78 is 0. The fourth-order valence-corrected chi connectivity index (χ4v) is 3.79. The average Bonchev–Trinajstić information content (AvgIpc) is 2.62. The van der Waals surface area contributed by atoms with Crippen LogP contribution in [-0.4, -0.2) is 11.3 Å². The third-order valence-corrected chi connectivity index (χ3v) is 5.60. The Bertz CT molecular complexity index is 242. The Morgan fingerprint density at radius 1 is 0.462 bits per heavy atom. The van der Waals surface area contributed by atoms with Gasteiger partial charge in [0.15, 0.2) is 0 Å². The van der Waals surface area contributed by atoms with Gasteiger partial charge in [0.05, 0.1) is 0 Å². The van der Waals surface area contributed by atoms with Crippen LogP contribution in [0.4, 0.5) is 0 Å². The van der Waals surface area contributed by atoms with Gasteiger partial charge in [0.1, 0.15) is 6.23 Å². The van der Waals surface area contributed by atoms with Gasteiger partial charge in [0.25, 0.3) is 0 Å². The molecule has 2 heteroatoms. The summed E-state index contributed by atoms with van der Waals surface area (Å²) in [7, 11) is 0. The van der Waals surface area contributed by atoms with E-state index >= 15 is 0 Å². The number of hydrogen-bond donors (Lipinski definition) is 2. The molecule has 158 valence electrons. The molecule has 0 saturated heterocycles. The first-order chi connectivity index (χ1) is 12.8. The Hall–Kier alpha value is -0.0800. The molecule has 0 aromatic heterocycles. The largest absolute Gasteiger partial charge is 0.379 e. The Kier molecular flexibility index (Phi) is 22.9. The van der Waals surface area contributed by atoms with Crippen LogP contribution in [-0.2, 0) is 0 Å². The molecule has 26 heavy (non-hydrogen) atoms. The van der Waals surface area contributed by atoms with E-state index in [9.17, 15) is 0 Å². The fourth-order valence-electron chi connectivity index (χ4n) is 3.79. The second-order valence-corrected chi connectivity index (χ2v) is 8.43. The quantitative estimate of drug-likeness (QED) is 0.151. The van der Waals surface area contributed by atoms with E-state index in [0.717, 1.165) is 12.8 Å². The molecule has 0 fully saturated rings. The predicted molar refractivity (Wildman–Crippen MR) is 117 cm³/mol. The molecule has 0 radical (unpaired) electrons. The zero-order valence-corrected chi connectivity index (χ0v) is 18.2. The van der Waals surface area contributed by atoms with Crippen molar-refractivity contribution in [2.75, 3.05) is 0 Å². The summed E-state index contributed by atoms with van der Waals surface area (Å²) >= 11 is 0. The number of rotatable bonds is 22. The third-order valence-electron chi connectivity index (χ3n) is 5.60. The van der Waals surface area contributed by atoms with E-state index in [1.54, 1.807) is 0 Å². The van der Waals surface area contributed by atoms with E-state index in [0.29, 0.717) is 0 Å². The van der Waals surface area contributed by atoms with E-state index in [1.807, 2.05) is 0 Å². The van der Waals surface area contributed by atoms with Crippen molar-refractivity contribution in [1.29, 1.82) is 0 Å². The molecule has 3 N–H and O–H groups in total. The Balaban J connectivity index is 2.97. The topological polar surface area (TPSA) is 46.2 Å². The molecule has 0 rings (SSSR count). The highest BCUT2D eigenvalue weighted by molar-refractivity contribution is 4.52. The summed E-state index contributed by atoms with van der Waals surface area (Å²) in [5.41, 5.74) is 5.33. The lowest BCUT2D eigenvalue weighted by atomic mass is 10.0. The van der Waals surface area contributed by atoms with Crippen LogP contribution in [0.15, 0.2) is 0 Å². The van der Waals surface area contributed by atoms with E-state index in [1.165, 1.54) is 128 Å². The van der Waals surface area contributed by atoms with Crippen molar-refractivity contribution in [3.63, 3.8) is 0 Å². The summed E-state index contributed by atoms with van der Waals surface area (Å²) in [6, 6.07) is 0. The minimum atomic E-state index is -0.602. The predicted octanol–water partition coefficient (Wildman–Crippen LogP) is 7.87. The van der Waals surface area contributed by atoms with Crippen molar-refractivity contribution < 1.29 is 5.11 Å². The second kappa shape index (κ2) is 23.0. The van der Waals surface area contributed by atoms with Crippen molar-refractivity contribution in [2.24, 2.45) is 5.73 Å². The highest BCUT2D eigenvalue weighted by Gasteiger charge is 1.97. The van der Waals surface area contributed by atoms with E-state index in [-0.39, 0.29) is 0 Å². The number of hydrogen-bond acceptors (Lipinski definition) is 2. The number of unbranched alkanes of at least 4 members (excludes halogenated alkanes) is 20. The first-order valence-electron chi connectivity index (χ1n) is 12.2. The zero-order valence-electron chi connectivity index (χ0n) is 18.2. The van der Waals surface area contributed by atoms with Crippen LogP contribution in [0.5, 0.6) is 0 Å². The lowest BCUT2D eigenvalue weighted by molar-refractivity contribution is 0.168. The number of nitrogens with two attached hydrogens (primary N) is 1. The van der Waals surface area contributed by atoms with Gasteiger partial charge in [-0.05, 0) is 12.8 Å². The molecule has 1 atom stereocenters. The average molecular weight is 370 g/mol. The lowest BCUT2D eigenvalue weighted by Gasteiger charge is -2.05. The van der Waals surface area contributed by atoms with Crippen LogP contribution in [0.1, 0.15) is 148 Å². The molecule has 1 unspecified atom stereocenters. The molecule has 0 amide bonds. The van der Waals surface area contributed by atoms with Gasteiger partial charge >= 0.3 is 0 Å². The standard InChI is InChI=1S/C24H51NO/c1-2-3-4-5-6-7-8-9-10-11-12-13-14-15-16-17-18-19-20-21-22-23-24(25)26/h24,26H,2-23,25H2,1H3. The van der Waals surface area contributed by atoms with Gasteiger partial charge in [0, 0.05) is 0 Å². The summed E-state index contributed by atoms with van der Waals surface area (Å²) in [6.07, 6.45) is 29.7. The lowest BCUT2D eigenvalue weighted by Crippen LogP contribution is -2.17. The molecule has 0 bridgehead atoms. The van der Waals surface area contributed by atoms with Gasteiger partial charge < -0.3 is 10.8 Å². The zero-order chi connectivity index (χ0) is 19.1. The first kappa shape index (κ1) is 25.9. The van der Waals surface area contributed by atoms with Gasteiger partial charge in [-0.15, -0.1) is 0 Å². The van der Waals surface area contributed by atoms with Crippen LogP contribution in [0, 0.1) is 0 Å². The van der Waals surface area contributed by atoms with E-state index in [4.69, 9.17) is 10.8 Å². The molecule has 0 aliphatic carbocycles.